The fourth-order valence-corrected chi connectivity index (χ4v) is 2.83. The highest BCUT2D eigenvalue weighted by Crippen LogP contribution is 2.16. The Morgan fingerprint density at radius 2 is 2.00 bits per heavy atom. The quantitative estimate of drug-likeness (QED) is 0.793. The minimum Gasteiger partial charge on any atom is -0.374 e. The first kappa shape index (κ1) is 14.5. The molecule has 0 aliphatic carbocycles. The Balaban J connectivity index is 1.76. The maximum Gasteiger partial charge on any atom is 0.0824 e. The molecule has 106 valence electrons. The first-order chi connectivity index (χ1) is 9.16. The number of morpholine rings is 1. The summed E-state index contributed by atoms with van der Waals surface area (Å²) in [7, 11) is 0. The molecular formula is C16H26N2O. The van der Waals surface area contributed by atoms with Gasteiger partial charge in [0.15, 0.2) is 0 Å². The minimum atomic E-state index is 0.328. The summed E-state index contributed by atoms with van der Waals surface area (Å²) in [6, 6.07) is 4.55. The lowest BCUT2D eigenvalue weighted by atomic mass is 9.97. The lowest BCUT2D eigenvalue weighted by Gasteiger charge is -2.24. The van der Waals surface area contributed by atoms with Crippen molar-refractivity contribution in [3.05, 3.63) is 34.4 Å². The van der Waals surface area contributed by atoms with Gasteiger partial charge in [0, 0.05) is 19.6 Å². The van der Waals surface area contributed by atoms with Crippen LogP contribution in [0.3, 0.4) is 0 Å². The summed E-state index contributed by atoms with van der Waals surface area (Å²) >= 11 is 0. The summed E-state index contributed by atoms with van der Waals surface area (Å²) in [6.45, 7) is 11.3. The molecule has 1 heterocycles. The van der Waals surface area contributed by atoms with Crippen LogP contribution in [-0.2, 0) is 11.2 Å². The van der Waals surface area contributed by atoms with Crippen LogP contribution < -0.4 is 10.6 Å². The number of ether oxygens (including phenoxy) is 1. The van der Waals surface area contributed by atoms with Crippen molar-refractivity contribution in [2.24, 2.45) is 0 Å². The van der Waals surface area contributed by atoms with Crippen molar-refractivity contribution >= 4 is 0 Å². The molecule has 0 aromatic heterocycles. The van der Waals surface area contributed by atoms with Crippen LogP contribution in [0, 0.1) is 20.8 Å². The van der Waals surface area contributed by atoms with Gasteiger partial charge in [0.1, 0.15) is 0 Å². The summed E-state index contributed by atoms with van der Waals surface area (Å²) < 4.78 is 5.67. The molecule has 19 heavy (non-hydrogen) atoms. The summed E-state index contributed by atoms with van der Waals surface area (Å²) in [5, 5.41) is 6.86. The molecule has 3 nitrogen and oxygen atoms in total. The van der Waals surface area contributed by atoms with E-state index >= 15 is 0 Å². The molecule has 2 N–H and O–H groups in total. The van der Waals surface area contributed by atoms with Gasteiger partial charge in [-0.05, 0) is 50.4 Å². The molecule has 1 aliphatic heterocycles. The monoisotopic (exact) mass is 262 g/mol. The van der Waals surface area contributed by atoms with Crippen LogP contribution in [0.4, 0.5) is 0 Å². The van der Waals surface area contributed by atoms with E-state index in [0.29, 0.717) is 6.10 Å². The predicted molar refractivity (Wildman–Crippen MR) is 79.8 cm³/mol. The molecule has 0 amide bonds. The number of benzene rings is 1. The van der Waals surface area contributed by atoms with Crippen LogP contribution in [-0.4, -0.2) is 38.9 Å². The minimum absolute atomic E-state index is 0.328. The third kappa shape index (κ3) is 4.30. The number of hydrogen-bond donors (Lipinski definition) is 2. The van der Waals surface area contributed by atoms with Crippen molar-refractivity contribution in [2.75, 3.05) is 32.8 Å². The van der Waals surface area contributed by atoms with Gasteiger partial charge in [-0.2, -0.15) is 0 Å². The topological polar surface area (TPSA) is 33.3 Å². The van der Waals surface area contributed by atoms with Gasteiger partial charge in [0.2, 0.25) is 0 Å². The van der Waals surface area contributed by atoms with Gasteiger partial charge in [0.25, 0.3) is 0 Å². The van der Waals surface area contributed by atoms with E-state index in [9.17, 15) is 0 Å². The maximum atomic E-state index is 5.67. The molecule has 1 saturated heterocycles. The number of aryl methyl sites for hydroxylation is 3. The largest absolute Gasteiger partial charge is 0.374 e. The molecule has 3 heteroatoms. The van der Waals surface area contributed by atoms with Crippen LogP contribution in [0.2, 0.25) is 0 Å². The van der Waals surface area contributed by atoms with E-state index in [0.717, 1.165) is 39.2 Å². The second-order valence-corrected chi connectivity index (χ2v) is 5.53. The van der Waals surface area contributed by atoms with E-state index in [-0.39, 0.29) is 0 Å². The Bertz CT molecular complexity index is 388. The number of hydrogen-bond acceptors (Lipinski definition) is 3. The van der Waals surface area contributed by atoms with Crippen molar-refractivity contribution < 1.29 is 4.74 Å². The zero-order chi connectivity index (χ0) is 13.7. The molecule has 0 spiro atoms. The first-order valence-corrected chi connectivity index (χ1v) is 7.26. The Kier molecular flexibility index (Phi) is 5.37. The average molecular weight is 262 g/mol. The average Bonchev–Trinajstić information content (AvgIpc) is 2.38. The van der Waals surface area contributed by atoms with Gasteiger partial charge in [0.05, 0.1) is 12.7 Å². The Morgan fingerprint density at radius 1 is 1.26 bits per heavy atom. The van der Waals surface area contributed by atoms with Gasteiger partial charge in [-0.1, -0.05) is 17.7 Å². The highest BCUT2D eigenvalue weighted by Gasteiger charge is 2.12. The van der Waals surface area contributed by atoms with Gasteiger partial charge >= 0.3 is 0 Å². The third-order valence-electron chi connectivity index (χ3n) is 3.77. The van der Waals surface area contributed by atoms with Crippen molar-refractivity contribution in [3.63, 3.8) is 0 Å². The second kappa shape index (κ2) is 7.04. The van der Waals surface area contributed by atoms with E-state index in [1.54, 1.807) is 0 Å². The number of nitrogens with one attached hydrogen (secondary N) is 2. The number of rotatable bonds is 5. The van der Waals surface area contributed by atoms with Gasteiger partial charge in [-0.3, -0.25) is 0 Å². The van der Waals surface area contributed by atoms with E-state index < -0.39 is 0 Å². The van der Waals surface area contributed by atoms with E-state index in [2.05, 4.69) is 43.5 Å². The zero-order valence-corrected chi connectivity index (χ0v) is 12.4. The van der Waals surface area contributed by atoms with E-state index in [4.69, 9.17) is 4.74 Å². The molecular weight excluding hydrogens is 236 g/mol. The highest BCUT2D eigenvalue weighted by molar-refractivity contribution is 5.37. The molecule has 1 unspecified atom stereocenters. The molecule has 0 bridgehead atoms. The fraction of sp³-hybridized carbons (Fsp3) is 0.625. The van der Waals surface area contributed by atoms with Crippen molar-refractivity contribution in [3.8, 4) is 0 Å². The molecule has 1 fully saturated rings. The third-order valence-corrected chi connectivity index (χ3v) is 3.77. The summed E-state index contributed by atoms with van der Waals surface area (Å²) in [5.41, 5.74) is 5.67. The maximum absolute atomic E-state index is 5.67. The predicted octanol–water partition coefficient (Wildman–Crippen LogP) is 1.73. The fourth-order valence-electron chi connectivity index (χ4n) is 2.83. The summed E-state index contributed by atoms with van der Waals surface area (Å²) in [6.07, 6.45) is 1.42. The zero-order valence-electron chi connectivity index (χ0n) is 12.4. The lowest BCUT2D eigenvalue weighted by molar-refractivity contribution is 0.0294. The van der Waals surface area contributed by atoms with Crippen molar-refractivity contribution in [1.82, 2.24) is 10.6 Å². The van der Waals surface area contributed by atoms with E-state index in [1.165, 1.54) is 22.3 Å². The van der Waals surface area contributed by atoms with Crippen LogP contribution >= 0.6 is 0 Å². The molecule has 1 aliphatic rings. The SMILES string of the molecule is Cc1cc(C)c(CCNCC2CNCCO2)c(C)c1. The second-order valence-electron chi connectivity index (χ2n) is 5.53. The van der Waals surface area contributed by atoms with Crippen LogP contribution in [0.1, 0.15) is 22.3 Å². The standard InChI is InChI=1S/C16H26N2O/c1-12-8-13(2)16(14(3)9-12)4-5-17-10-15-11-18-6-7-19-15/h8-9,15,17-18H,4-7,10-11H2,1-3H3. The molecule has 0 saturated carbocycles. The highest BCUT2D eigenvalue weighted by atomic mass is 16.5. The normalized spacial score (nSPS) is 19.6. The van der Waals surface area contributed by atoms with E-state index in [1.807, 2.05) is 0 Å². The molecule has 1 aromatic carbocycles. The summed E-state index contributed by atoms with van der Waals surface area (Å²) in [4.78, 5) is 0. The van der Waals surface area contributed by atoms with Crippen LogP contribution in [0.25, 0.3) is 0 Å². The molecule has 0 radical (unpaired) electrons. The van der Waals surface area contributed by atoms with Crippen molar-refractivity contribution in [1.29, 1.82) is 0 Å². The Hall–Kier alpha value is -0.900. The molecule has 2 rings (SSSR count). The Morgan fingerprint density at radius 3 is 2.63 bits per heavy atom. The summed E-state index contributed by atoms with van der Waals surface area (Å²) in [5.74, 6) is 0. The first-order valence-electron chi connectivity index (χ1n) is 7.26. The van der Waals surface area contributed by atoms with Crippen LogP contribution in [0.5, 0.6) is 0 Å². The molecule has 1 atom stereocenters. The van der Waals surface area contributed by atoms with Gasteiger partial charge in [-0.15, -0.1) is 0 Å². The smallest absolute Gasteiger partial charge is 0.0824 e. The van der Waals surface area contributed by atoms with Gasteiger partial charge < -0.3 is 15.4 Å². The van der Waals surface area contributed by atoms with Crippen LogP contribution in [0.15, 0.2) is 12.1 Å². The van der Waals surface area contributed by atoms with Crippen molar-refractivity contribution in [2.45, 2.75) is 33.3 Å². The Labute approximate surface area is 116 Å². The lowest BCUT2D eigenvalue weighted by Crippen LogP contribution is -2.44. The molecule has 1 aromatic rings. The van der Waals surface area contributed by atoms with Gasteiger partial charge in [-0.25, -0.2) is 0 Å².